The summed E-state index contributed by atoms with van der Waals surface area (Å²) >= 11 is 0. The molecule has 0 bridgehead atoms. The Bertz CT molecular complexity index is 1200. The van der Waals surface area contributed by atoms with E-state index < -0.39 is 0 Å². The predicted molar refractivity (Wildman–Crippen MR) is 119 cm³/mol. The minimum Gasteiger partial charge on any atom is -0.489 e. The molecule has 0 atom stereocenters. The van der Waals surface area contributed by atoms with Gasteiger partial charge < -0.3 is 10.1 Å². The number of amides is 1. The molecule has 1 aromatic heterocycles. The molecule has 0 aliphatic heterocycles. The molecule has 4 aromatic rings. The highest BCUT2D eigenvalue weighted by Gasteiger charge is 2.11. The predicted octanol–water partition coefficient (Wildman–Crippen LogP) is 4.12. The Morgan fingerprint density at radius 2 is 1.45 bits per heavy atom. The molecule has 154 valence electrons. The Morgan fingerprint density at radius 3 is 2.13 bits per heavy atom. The fourth-order valence-electron chi connectivity index (χ4n) is 3.01. The van der Waals surface area contributed by atoms with Crippen LogP contribution in [0.25, 0.3) is 0 Å². The molecule has 0 unspecified atom stereocenters. The van der Waals surface area contributed by atoms with Crippen LogP contribution in [-0.2, 0) is 13.2 Å². The first-order valence-electron chi connectivity index (χ1n) is 9.88. The van der Waals surface area contributed by atoms with E-state index in [1.165, 1.54) is 16.8 Å². The molecule has 1 N–H and O–H groups in total. The minimum absolute atomic E-state index is 0.167. The van der Waals surface area contributed by atoms with Crippen LogP contribution in [-0.4, -0.2) is 15.7 Å². The zero-order chi connectivity index (χ0) is 21.5. The highest BCUT2D eigenvalue weighted by molar-refractivity contribution is 6.02. The lowest BCUT2D eigenvalue weighted by atomic mass is 10.2. The quantitative estimate of drug-likeness (QED) is 0.496. The molecule has 1 heterocycles. The summed E-state index contributed by atoms with van der Waals surface area (Å²) in [6, 6.07) is 29.3. The van der Waals surface area contributed by atoms with Crippen molar-refractivity contribution in [3.05, 3.63) is 124 Å². The smallest absolute Gasteiger partial charge is 0.276 e. The van der Waals surface area contributed by atoms with Crippen molar-refractivity contribution >= 4 is 11.6 Å². The van der Waals surface area contributed by atoms with E-state index >= 15 is 0 Å². The van der Waals surface area contributed by atoms with Gasteiger partial charge in [-0.1, -0.05) is 60.7 Å². The molecule has 31 heavy (non-hydrogen) atoms. The van der Waals surface area contributed by atoms with E-state index in [4.69, 9.17) is 4.74 Å². The van der Waals surface area contributed by atoms with Gasteiger partial charge >= 0.3 is 0 Å². The molecular weight excluding hydrogens is 390 g/mol. The van der Waals surface area contributed by atoms with Gasteiger partial charge in [-0.15, -0.1) is 0 Å². The molecule has 6 nitrogen and oxygen atoms in total. The molecule has 6 heteroatoms. The van der Waals surface area contributed by atoms with Crippen molar-refractivity contribution < 1.29 is 9.53 Å². The van der Waals surface area contributed by atoms with Gasteiger partial charge in [-0.05, 0) is 41.5 Å². The zero-order valence-electron chi connectivity index (χ0n) is 16.8. The van der Waals surface area contributed by atoms with Crippen molar-refractivity contribution in [2.45, 2.75) is 13.2 Å². The molecule has 0 aliphatic rings. The lowest BCUT2D eigenvalue weighted by molar-refractivity contribution is 0.102. The van der Waals surface area contributed by atoms with Gasteiger partial charge in [0.05, 0.1) is 6.54 Å². The lowest BCUT2D eigenvalue weighted by Crippen LogP contribution is -2.26. The van der Waals surface area contributed by atoms with Crippen molar-refractivity contribution in [2.24, 2.45) is 0 Å². The fraction of sp³-hybridized carbons (Fsp3) is 0.0800. The van der Waals surface area contributed by atoms with Crippen molar-refractivity contribution in [2.75, 3.05) is 5.32 Å². The van der Waals surface area contributed by atoms with Gasteiger partial charge in [0.15, 0.2) is 0 Å². The Morgan fingerprint density at radius 1 is 0.806 bits per heavy atom. The summed E-state index contributed by atoms with van der Waals surface area (Å²) in [7, 11) is 0. The summed E-state index contributed by atoms with van der Waals surface area (Å²) in [6.45, 7) is 0.771. The van der Waals surface area contributed by atoms with Crippen LogP contribution in [0.1, 0.15) is 21.6 Å². The molecular formula is C25H21N3O3. The first kappa shape index (κ1) is 20.1. The lowest BCUT2D eigenvalue weighted by Gasteiger charge is -2.09. The third-order valence-corrected chi connectivity index (χ3v) is 4.63. The van der Waals surface area contributed by atoms with E-state index in [9.17, 15) is 9.59 Å². The Hall–Kier alpha value is -4.19. The Labute approximate surface area is 179 Å². The standard InChI is InChI=1S/C25H21N3O3/c29-24-16-15-23(27-28(24)17-19-7-3-1-4-8-19)25(30)26-21-11-13-22(14-12-21)31-18-20-9-5-2-6-10-20/h1-16H,17-18H2,(H,26,30). The molecule has 0 saturated heterocycles. The monoisotopic (exact) mass is 411 g/mol. The summed E-state index contributed by atoms with van der Waals surface area (Å²) in [6.07, 6.45) is 0. The van der Waals surface area contributed by atoms with E-state index in [1.54, 1.807) is 24.3 Å². The topological polar surface area (TPSA) is 73.2 Å². The first-order valence-corrected chi connectivity index (χ1v) is 9.88. The number of aromatic nitrogens is 2. The van der Waals surface area contributed by atoms with Crippen LogP contribution in [0.3, 0.4) is 0 Å². The summed E-state index contributed by atoms with van der Waals surface area (Å²) < 4.78 is 7.04. The summed E-state index contributed by atoms with van der Waals surface area (Å²) in [4.78, 5) is 24.7. The Balaban J connectivity index is 1.40. The van der Waals surface area contributed by atoms with Crippen LogP contribution in [0.15, 0.2) is 102 Å². The number of hydrogen-bond acceptors (Lipinski definition) is 4. The minimum atomic E-state index is -0.389. The summed E-state index contributed by atoms with van der Waals surface area (Å²) in [5, 5.41) is 7.01. The summed E-state index contributed by atoms with van der Waals surface area (Å²) in [5.74, 6) is 0.316. The highest BCUT2D eigenvalue weighted by Crippen LogP contribution is 2.17. The van der Waals surface area contributed by atoms with Crippen LogP contribution in [0.4, 0.5) is 5.69 Å². The maximum atomic E-state index is 12.6. The van der Waals surface area contributed by atoms with Crippen LogP contribution < -0.4 is 15.6 Å². The fourth-order valence-corrected chi connectivity index (χ4v) is 3.01. The van der Waals surface area contributed by atoms with Crippen molar-refractivity contribution in [3.8, 4) is 5.75 Å². The molecule has 0 radical (unpaired) electrons. The van der Waals surface area contributed by atoms with Gasteiger partial charge in [-0.3, -0.25) is 9.59 Å². The van der Waals surface area contributed by atoms with Gasteiger partial charge in [0.2, 0.25) is 0 Å². The largest absolute Gasteiger partial charge is 0.489 e. The van der Waals surface area contributed by atoms with Crippen molar-refractivity contribution in [3.63, 3.8) is 0 Å². The van der Waals surface area contributed by atoms with Crippen LogP contribution in [0.2, 0.25) is 0 Å². The Kier molecular flexibility index (Phi) is 6.18. The van der Waals surface area contributed by atoms with Crippen molar-refractivity contribution in [1.82, 2.24) is 9.78 Å². The molecule has 0 spiro atoms. The normalized spacial score (nSPS) is 10.5. The average Bonchev–Trinajstić information content (AvgIpc) is 2.81. The third-order valence-electron chi connectivity index (χ3n) is 4.63. The highest BCUT2D eigenvalue weighted by atomic mass is 16.5. The van der Waals surface area contributed by atoms with E-state index in [0.717, 1.165) is 11.1 Å². The van der Waals surface area contributed by atoms with Crippen LogP contribution >= 0.6 is 0 Å². The first-order chi connectivity index (χ1) is 15.2. The molecule has 0 aliphatic carbocycles. The maximum absolute atomic E-state index is 12.6. The number of rotatable bonds is 7. The number of ether oxygens (including phenoxy) is 1. The average molecular weight is 411 g/mol. The number of carbonyl (C=O) groups is 1. The number of anilines is 1. The summed E-state index contributed by atoms with van der Waals surface area (Å²) in [5.41, 5.74) is 2.53. The SMILES string of the molecule is O=C(Nc1ccc(OCc2ccccc2)cc1)c1ccc(=O)n(Cc2ccccc2)n1. The molecule has 4 rings (SSSR count). The molecule has 3 aromatic carbocycles. The second-order valence-electron chi connectivity index (χ2n) is 6.95. The molecule has 0 fully saturated rings. The zero-order valence-corrected chi connectivity index (χ0v) is 16.8. The number of carbonyl (C=O) groups excluding carboxylic acids is 1. The van der Waals surface area contributed by atoms with E-state index in [1.807, 2.05) is 60.7 Å². The van der Waals surface area contributed by atoms with Gasteiger partial charge in [0, 0.05) is 11.8 Å². The van der Waals surface area contributed by atoms with Crippen LogP contribution in [0.5, 0.6) is 5.75 Å². The van der Waals surface area contributed by atoms with E-state index in [0.29, 0.717) is 24.6 Å². The van der Waals surface area contributed by atoms with Gasteiger partial charge in [0.25, 0.3) is 11.5 Å². The number of nitrogens with one attached hydrogen (secondary N) is 1. The molecule has 0 saturated carbocycles. The van der Waals surface area contributed by atoms with Crippen LogP contribution in [0, 0.1) is 0 Å². The van der Waals surface area contributed by atoms with Crippen molar-refractivity contribution in [1.29, 1.82) is 0 Å². The molecule has 1 amide bonds. The van der Waals surface area contributed by atoms with E-state index in [2.05, 4.69) is 10.4 Å². The second kappa shape index (κ2) is 9.54. The number of benzene rings is 3. The van der Waals surface area contributed by atoms with Gasteiger partial charge in [-0.25, -0.2) is 4.68 Å². The van der Waals surface area contributed by atoms with Gasteiger partial charge in [0.1, 0.15) is 18.1 Å². The number of nitrogens with zero attached hydrogens (tertiary/aromatic N) is 2. The third kappa shape index (κ3) is 5.45. The second-order valence-corrected chi connectivity index (χ2v) is 6.95. The van der Waals surface area contributed by atoms with E-state index in [-0.39, 0.29) is 17.2 Å². The maximum Gasteiger partial charge on any atom is 0.276 e. The number of hydrogen-bond donors (Lipinski definition) is 1. The van der Waals surface area contributed by atoms with Gasteiger partial charge in [-0.2, -0.15) is 5.10 Å².